The van der Waals surface area contributed by atoms with Crippen LogP contribution in [0.3, 0.4) is 0 Å². The molecular weight excluding hydrogens is 212 g/mol. The van der Waals surface area contributed by atoms with E-state index in [2.05, 4.69) is 37.8 Å². The van der Waals surface area contributed by atoms with Crippen molar-refractivity contribution in [2.75, 3.05) is 5.75 Å². The monoisotopic (exact) mass is 234 g/mol. The zero-order valence-electron chi connectivity index (χ0n) is 10.2. The lowest BCUT2D eigenvalue weighted by molar-refractivity contribution is 0.706. The molecular formula is C15H22S. The third-order valence-corrected chi connectivity index (χ3v) is 3.74. The summed E-state index contributed by atoms with van der Waals surface area (Å²) in [6.45, 7) is 6.02. The van der Waals surface area contributed by atoms with Gasteiger partial charge in [0.25, 0.3) is 0 Å². The molecule has 0 saturated heterocycles. The zero-order chi connectivity index (χ0) is 11.6. The van der Waals surface area contributed by atoms with Crippen LogP contribution in [0.2, 0.25) is 0 Å². The van der Waals surface area contributed by atoms with Gasteiger partial charge in [0.05, 0.1) is 0 Å². The molecule has 1 aromatic carbocycles. The Morgan fingerprint density at radius 3 is 2.50 bits per heavy atom. The van der Waals surface area contributed by atoms with E-state index in [4.69, 9.17) is 0 Å². The van der Waals surface area contributed by atoms with E-state index in [0.29, 0.717) is 0 Å². The van der Waals surface area contributed by atoms with Gasteiger partial charge in [-0.2, -0.15) is 11.8 Å². The number of benzene rings is 1. The van der Waals surface area contributed by atoms with Gasteiger partial charge in [-0.1, -0.05) is 63.1 Å². The van der Waals surface area contributed by atoms with Gasteiger partial charge in [0.1, 0.15) is 0 Å². The van der Waals surface area contributed by atoms with Crippen molar-refractivity contribution < 1.29 is 0 Å². The maximum Gasteiger partial charge on any atom is 0.0184 e. The Kier molecular flexibility index (Phi) is 7.07. The molecule has 0 amide bonds. The first-order chi connectivity index (χ1) is 7.86. The Bertz CT molecular complexity index is 287. The predicted octanol–water partition coefficient (Wildman–Crippen LogP) is 5.14. The highest BCUT2D eigenvalue weighted by Crippen LogP contribution is 2.15. The van der Waals surface area contributed by atoms with Crippen LogP contribution in [-0.4, -0.2) is 5.75 Å². The molecule has 0 fully saturated rings. The highest BCUT2D eigenvalue weighted by atomic mass is 32.2. The Balaban J connectivity index is 2.14. The van der Waals surface area contributed by atoms with Crippen LogP contribution in [0.25, 0.3) is 6.08 Å². The standard InChI is InChI=1S/C15H22S/c1-3-5-6-7-12-16-13-15-10-8-14(4-2)9-11-15/h4,8-11H,2-3,5-7,12-13H2,1H3. The van der Waals surface area contributed by atoms with Crippen LogP contribution in [0.4, 0.5) is 0 Å². The fraction of sp³-hybridized carbons (Fsp3) is 0.467. The summed E-state index contributed by atoms with van der Waals surface area (Å²) in [4.78, 5) is 0. The van der Waals surface area contributed by atoms with Gasteiger partial charge in [-0.15, -0.1) is 0 Å². The van der Waals surface area contributed by atoms with Crippen molar-refractivity contribution in [1.29, 1.82) is 0 Å². The maximum absolute atomic E-state index is 3.76. The summed E-state index contributed by atoms with van der Waals surface area (Å²) >= 11 is 2.04. The number of hydrogen-bond acceptors (Lipinski definition) is 1. The van der Waals surface area contributed by atoms with Crippen molar-refractivity contribution in [3.63, 3.8) is 0 Å². The quantitative estimate of drug-likeness (QED) is 0.561. The highest BCUT2D eigenvalue weighted by Gasteiger charge is 1.94. The summed E-state index contributed by atoms with van der Waals surface area (Å²) < 4.78 is 0. The molecule has 16 heavy (non-hydrogen) atoms. The van der Waals surface area contributed by atoms with Gasteiger partial charge >= 0.3 is 0 Å². The van der Waals surface area contributed by atoms with Gasteiger partial charge in [0.2, 0.25) is 0 Å². The highest BCUT2D eigenvalue weighted by molar-refractivity contribution is 7.98. The fourth-order valence-electron chi connectivity index (χ4n) is 1.57. The summed E-state index contributed by atoms with van der Waals surface area (Å²) in [5.74, 6) is 2.44. The molecule has 1 aromatic rings. The van der Waals surface area contributed by atoms with E-state index in [9.17, 15) is 0 Å². The second-order valence-corrected chi connectivity index (χ2v) is 5.16. The third kappa shape index (κ3) is 5.41. The smallest absolute Gasteiger partial charge is 0.0184 e. The van der Waals surface area contributed by atoms with Crippen LogP contribution >= 0.6 is 11.8 Å². The van der Waals surface area contributed by atoms with Crippen molar-refractivity contribution in [2.45, 2.75) is 38.4 Å². The summed E-state index contributed by atoms with van der Waals surface area (Å²) in [6, 6.07) is 8.69. The summed E-state index contributed by atoms with van der Waals surface area (Å²) in [5, 5.41) is 0. The molecule has 0 spiro atoms. The van der Waals surface area contributed by atoms with Crippen LogP contribution in [0.5, 0.6) is 0 Å². The molecule has 88 valence electrons. The molecule has 0 aliphatic heterocycles. The van der Waals surface area contributed by atoms with E-state index in [1.54, 1.807) is 0 Å². The molecule has 0 atom stereocenters. The van der Waals surface area contributed by atoms with E-state index < -0.39 is 0 Å². The average Bonchev–Trinajstić information content (AvgIpc) is 2.34. The van der Waals surface area contributed by atoms with Crippen molar-refractivity contribution in [3.05, 3.63) is 42.0 Å². The Labute approximate surface area is 104 Å². The number of rotatable bonds is 8. The van der Waals surface area contributed by atoms with Gasteiger partial charge in [-0.05, 0) is 23.3 Å². The second-order valence-electron chi connectivity index (χ2n) is 4.06. The van der Waals surface area contributed by atoms with Gasteiger partial charge in [0, 0.05) is 5.75 Å². The first kappa shape index (κ1) is 13.4. The molecule has 0 N–H and O–H groups in total. The fourth-order valence-corrected chi connectivity index (χ4v) is 2.55. The normalized spacial score (nSPS) is 10.3. The molecule has 0 aliphatic carbocycles. The molecule has 0 aliphatic rings. The topological polar surface area (TPSA) is 0 Å². The van der Waals surface area contributed by atoms with Gasteiger partial charge in [-0.25, -0.2) is 0 Å². The van der Waals surface area contributed by atoms with Crippen LogP contribution in [-0.2, 0) is 5.75 Å². The molecule has 1 rings (SSSR count). The lowest BCUT2D eigenvalue weighted by Crippen LogP contribution is -1.84. The van der Waals surface area contributed by atoms with Gasteiger partial charge in [0.15, 0.2) is 0 Å². The predicted molar refractivity (Wildman–Crippen MR) is 76.8 cm³/mol. The average molecular weight is 234 g/mol. The largest absolute Gasteiger partial charge is 0.157 e. The van der Waals surface area contributed by atoms with E-state index >= 15 is 0 Å². The van der Waals surface area contributed by atoms with E-state index in [1.807, 2.05) is 17.8 Å². The van der Waals surface area contributed by atoms with Crippen LogP contribution < -0.4 is 0 Å². The Morgan fingerprint density at radius 1 is 1.12 bits per heavy atom. The molecule has 0 unspecified atom stereocenters. The molecule has 0 radical (unpaired) electrons. The Morgan fingerprint density at radius 2 is 1.88 bits per heavy atom. The molecule has 0 aromatic heterocycles. The SMILES string of the molecule is C=Cc1ccc(CSCCCCCC)cc1. The van der Waals surface area contributed by atoms with Crippen LogP contribution in [0.1, 0.15) is 43.7 Å². The molecule has 0 heterocycles. The van der Waals surface area contributed by atoms with Crippen LogP contribution in [0.15, 0.2) is 30.8 Å². The maximum atomic E-state index is 3.76. The first-order valence-electron chi connectivity index (χ1n) is 6.16. The van der Waals surface area contributed by atoms with Crippen molar-refractivity contribution in [2.24, 2.45) is 0 Å². The van der Waals surface area contributed by atoms with Crippen molar-refractivity contribution in [1.82, 2.24) is 0 Å². The lowest BCUT2D eigenvalue weighted by atomic mass is 10.1. The minimum atomic E-state index is 1.14. The number of thioether (sulfide) groups is 1. The summed E-state index contributed by atoms with van der Waals surface area (Å²) in [5.41, 5.74) is 2.63. The zero-order valence-corrected chi connectivity index (χ0v) is 11.1. The number of hydrogen-bond donors (Lipinski definition) is 0. The molecule has 0 saturated carbocycles. The minimum absolute atomic E-state index is 1.14. The van der Waals surface area contributed by atoms with Gasteiger partial charge < -0.3 is 0 Å². The van der Waals surface area contributed by atoms with Crippen molar-refractivity contribution in [3.8, 4) is 0 Å². The minimum Gasteiger partial charge on any atom is -0.157 e. The van der Waals surface area contributed by atoms with E-state index in [0.717, 1.165) is 5.75 Å². The summed E-state index contributed by atoms with van der Waals surface area (Å²) in [7, 11) is 0. The van der Waals surface area contributed by atoms with Crippen molar-refractivity contribution >= 4 is 17.8 Å². The summed E-state index contributed by atoms with van der Waals surface area (Å²) in [6.07, 6.45) is 7.35. The number of unbranched alkanes of at least 4 members (excludes halogenated alkanes) is 3. The Hall–Kier alpha value is -0.690. The van der Waals surface area contributed by atoms with Gasteiger partial charge in [-0.3, -0.25) is 0 Å². The molecule has 0 nitrogen and oxygen atoms in total. The first-order valence-corrected chi connectivity index (χ1v) is 7.31. The third-order valence-electron chi connectivity index (χ3n) is 2.63. The molecule has 0 bridgehead atoms. The second kappa shape index (κ2) is 8.46. The van der Waals surface area contributed by atoms with E-state index in [-0.39, 0.29) is 0 Å². The van der Waals surface area contributed by atoms with E-state index in [1.165, 1.54) is 42.6 Å². The van der Waals surface area contributed by atoms with Crippen LogP contribution in [0, 0.1) is 0 Å². The lowest BCUT2D eigenvalue weighted by Gasteiger charge is -2.02. The molecule has 1 heteroatoms.